The van der Waals surface area contributed by atoms with Gasteiger partial charge in [0.2, 0.25) is 0 Å². The zero-order chi connectivity index (χ0) is 44.2. The van der Waals surface area contributed by atoms with Crippen molar-refractivity contribution >= 4 is 0 Å². The molecular weight excluding hydrogens is 812 g/mol. The second-order valence-electron chi connectivity index (χ2n) is 21.5. The quantitative estimate of drug-likeness (QED) is 0.149. The van der Waals surface area contributed by atoms with Crippen LogP contribution in [0.2, 0.25) is 0 Å². The van der Waals surface area contributed by atoms with Gasteiger partial charge >= 0.3 is 0 Å². The molecule has 0 amide bonds. The standard InChI is InChI=1S/C45H74O17/c1-19-8-13-45(55-18-19)20(2)30-27(62-45)15-26-24-7-6-22-14-23(9-11-43(22,4)25(24)10-12-44(26,30)5)57-42-39(61-40-35(52)33(50)31(48)21(3)56-40)37(54)38(29(17-47)59-42)60-41-36(53)34(51)32(49)28(16-46)58-41/h19-42,46-54H,6-18H2,1-5H3/t19-,20-,21-,22+,23-,24+,25-,26-,27-,28+,29+,30-,31-,32+,33+,34-,35+,36+,37-,38+,39+,40-,41+,42+,43-,44-,45+/m0/s1. The van der Waals surface area contributed by atoms with Gasteiger partial charge in [-0.1, -0.05) is 27.7 Å². The predicted octanol–water partition coefficient (Wildman–Crippen LogP) is 0.294. The van der Waals surface area contributed by atoms with Gasteiger partial charge in [-0.3, -0.25) is 0 Å². The second-order valence-corrected chi connectivity index (χ2v) is 21.5. The summed E-state index contributed by atoms with van der Waals surface area (Å²) in [7, 11) is 0. The first-order valence-electron chi connectivity index (χ1n) is 23.7. The first-order valence-corrected chi connectivity index (χ1v) is 23.7. The van der Waals surface area contributed by atoms with Crippen LogP contribution in [0.5, 0.6) is 0 Å². The number of aliphatic hydroxyl groups is 9. The highest BCUT2D eigenvalue weighted by Gasteiger charge is 2.69. The molecular formula is C45H74O17. The summed E-state index contributed by atoms with van der Waals surface area (Å²) in [5.41, 5.74) is 0.320. The molecule has 4 aliphatic carbocycles. The van der Waals surface area contributed by atoms with E-state index in [4.69, 9.17) is 37.9 Å². The molecule has 0 radical (unpaired) electrons. The molecule has 9 N–H and O–H groups in total. The molecule has 356 valence electrons. The summed E-state index contributed by atoms with van der Waals surface area (Å²) in [6, 6.07) is 0. The normalized spacial score (nSPS) is 58.9. The van der Waals surface area contributed by atoms with E-state index in [1.54, 1.807) is 0 Å². The number of aliphatic hydroxyl groups excluding tert-OH is 9. The van der Waals surface area contributed by atoms with Crippen molar-refractivity contribution in [2.24, 2.45) is 52.3 Å². The predicted molar refractivity (Wildman–Crippen MR) is 214 cm³/mol. The Hall–Kier alpha value is -0.680. The molecule has 0 bridgehead atoms. The molecule has 9 aliphatic rings. The second kappa shape index (κ2) is 17.4. The Balaban J connectivity index is 0.899. The summed E-state index contributed by atoms with van der Waals surface area (Å²) in [6.07, 6.45) is -12.6. The maximum absolute atomic E-state index is 12.0. The zero-order valence-corrected chi connectivity index (χ0v) is 36.8. The fourth-order valence-corrected chi connectivity index (χ4v) is 14.6. The van der Waals surface area contributed by atoms with Gasteiger partial charge in [-0.25, -0.2) is 0 Å². The third-order valence-electron chi connectivity index (χ3n) is 18.2. The summed E-state index contributed by atoms with van der Waals surface area (Å²) in [6.45, 7) is 10.6. The van der Waals surface area contributed by atoms with Crippen molar-refractivity contribution < 1.29 is 83.9 Å². The Morgan fingerprint density at radius 3 is 1.94 bits per heavy atom. The lowest BCUT2D eigenvalue weighted by molar-refractivity contribution is -0.390. The van der Waals surface area contributed by atoms with Gasteiger partial charge in [-0.2, -0.15) is 0 Å². The Morgan fingerprint density at radius 2 is 1.24 bits per heavy atom. The van der Waals surface area contributed by atoms with Gasteiger partial charge in [-0.15, -0.1) is 0 Å². The van der Waals surface area contributed by atoms with E-state index in [2.05, 4.69) is 27.7 Å². The lowest BCUT2D eigenvalue weighted by atomic mass is 9.44. The first kappa shape index (κ1) is 46.4. The van der Waals surface area contributed by atoms with Gasteiger partial charge < -0.3 is 83.9 Å². The molecule has 0 unspecified atom stereocenters. The third-order valence-corrected chi connectivity index (χ3v) is 18.2. The number of fused-ring (bicyclic) bond motifs is 7. The van der Waals surface area contributed by atoms with Gasteiger partial charge in [0.25, 0.3) is 0 Å². The molecule has 62 heavy (non-hydrogen) atoms. The van der Waals surface area contributed by atoms with Crippen LogP contribution >= 0.6 is 0 Å². The summed E-state index contributed by atoms with van der Waals surface area (Å²) in [5.74, 6) is 3.18. The van der Waals surface area contributed by atoms with Gasteiger partial charge in [0.15, 0.2) is 24.7 Å². The van der Waals surface area contributed by atoms with Crippen LogP contribution in [0.3, 0.4) is 0 Å². The van der Waals surface area contributed by atoms with E-state index in [1.807, 2.05) is 0 Å². The topological polar surface area (TPSA) is 256 Å². The number of hydrogen-bond donors (Lipinski definition) is 9. The molecule has 5 aliphatic heterocycles. The molecule has 17 heteroatoms. The van der Waals surface area contributed by atoms with Crippen LogP contribution in [0.4, 0.5) is 0 Å². The highest BCUT2D eigenvalue weighted by molar-refractivity contribution is 5.15. The van der Waals surface area contributed by atoms with E-state index in [9.17, 15) is 46.0 Å². The Kier molecular flexibility index (Phi) is 13.1. The van der Waals surface area contributed by atoms with Crippen molar-refractivity contribution in [3.8, 4) is 0 Å². The molecule has 5 saturated heterocycles. The van der Waals surface area contributed by atoms with Gasteiger partial charge in [-0.05, 0) is 111 Å². The molecule has 4 saturated carbocycles. The van der Waals surface area contributed by atoms with Crippen LogP contribution in [-0.2, 0) is 37.9 Å². The van der Waals surface area contributed by atoms with Gasteiger partial charge in [0.1, 0.15) is 67.1 Å². The van der Waals surface area contributed by atoms with Crippen molar-refractivity contribution in [3.05, 3.63) is 0 Å². The van der Waals surface area contributed by atoms with Crippen LogP contribution in [0.15, 0.2) is 0 Å². The van der Waals surface area contributed by atoms with Crippen molar-refractivity contribution in [1.82, 2.24) is 0 Å². The van der Waals surface area contributed by atoms with Crippen LogP contribution < -0.4 is 0 Å². The maximum atomic E-state index is 12.0. The summed E-state index contributed by atoms with van der Waals surface area (Å²) < 4.78 is 50.0. The highest BCUT2D eigenvalue weighted by atomic mass is 16.8. The Bertz CT molecular complexity index is 1550. The van der Waals surface area contributed by atoms with Crippen molar-refractivity contribution in [2.75, 3.05) is 19.8 Å². The van der Waals surface area contributed by atoms with E-state index in [0.29, 0.717) is 47.8 Å². The van der Waals surface area contributed by atoms with E-state index >= 15 is 0 Å². The zero-order valence-electron chi connectivity index (χ0n) is 36.8. The summed E-state index contributed by atoms with van der Waals surface area (Å²) in [4.78, 5) is 0. The minimum Gasteiger partial charge on any atom is -0.394 e. The fourth-order valence-electron chi connectivity index (χ4n) is 14.6. The monoisotopic (exact) mass is 886 g/mol. The average molecular weight is 887 g/mol. The van der Waals surface area contributed by atoms with E-state index in [1.165, 1.54) is 19.8 Å². The van der Waals surface area contributed by atoms with Gasteiger partial charge in [0, 0.05) is 12.3 Å². The fraction of sp³-hybridized carbons (Fsp3) is 1.00. The van der Waals surface area contributed by atoms with Crippen molar-refractivity contribution in [1.29, 1.82) is 0 Å². The van der Waals surface area contributed by atoms with Crippen LogP contribution in [0.1, 0.15) is 98.8 Å². The SMILES string of the molecule is C[C@H]1CC[C@@]2(OC1)O[C@H]1C[C@H]3[C@@H]4CC[C@@H]5C[C@@H](O[C@@H]6O[C@H](CO)[C@@H](O[C@H]7O[C@H](CO)[C@@H](O)[C@H](O)[C@H]7O)[C@H](O)[C@H]6O[C@@H]6O[C@@H](C)[C@H](O)[C@@H](O)[C@H]6O)CC[C@]5(C)[C@H]4CC[C@]3(C)[C@H]1[C@@H]2C. The molecule has 0 aromatic carbocycles. The van der Waals surface area contributed by atoms with Crippen molar-refractivity contribution in [2.45, 2.75) is 209 Å². The third kappa shape index (κ3) is 7.56. The molecule has 17 nitrogen and oxygen atoms in total. The molecule has 0 aromatic rings. The number of ether oxygens (including phenoxy) is 8. The number of hydrogen-bond acceptors (Lipinski definition) is 17. The minimum atomic E-state index is -1.81. The van der Waals surface area contributed by atoms with Crippen molar-refractivity contribution in [3.63, 3.8) is 0 Å². The van der Waals surface area contributed by atoms with Crippen LogP contribution in [0, 0.1) is 52.3 Å². The van der Waals surface area contributed by atoms with Crippen LogP contribution in [0.25, 0.3) is 0 Å². The summed E-state index contributed by atoms with van der Waals surface area (Å²) in [5, 5.41) is 95.8. The lowest BCUT2D eigenvalue weighted by Crippen LogP contribution is -2.67. The average Bonchev–Trinajstić information content (AvgIpc) is 3.70. The largest absolute Gasteiger partial charge is 0.394 e. The van der Waals surface area contributed by atoms with Gasteiger partial charge in [0.05, 0.1) is 38.1 Å². The molecule has 9 fully saturated rings. The smallest absolute Gasteiger partial charge is 0.187 e. The lowest BCUT2D eigenvalue weighted by Gasteiger charge is -2.61. The summed E-state index contributed by atoms with van der Waals surface area (Å²) >= 11 is 0. The highest BCUT2D eigenvalue weighted by Crippen LogP contribution is 2.71. The number of rotatable bonds is 8. The van der Waals surface area contributed by atoms with E-state index in [0.717, 1.165) is 51.6 Å². The Labute approximate surface area is 364 Å². The van der Waals surface area contributed by atoms with Crippen LogP contribution in [-0.4, -0.2) is 176 Å². The Morgan fingerprint density at radius 1 is 0.581 bits per heavy atom. The molecule has 27 atom stereocenters. The first-order chi connectivity index (χ1) is 29.4. The minimum absolute atomic E-state index is 0.103. The maximum Gasteiger partial charge on any atom is 0.187 e. The molecule has 1 spiro atoms. The molecule has 0 aromatic heterocycles. The van der Waals surface area contributed by atoms with E-state index < -0.39 is 111 Å². The van der Waals surface area contributed by atoms with E-state index in [-0.39, 0.29) is 23.0 Å². The molecule has 5 heterocycles. The molecule has 9 rings (SSSR count).